The van der Waals surface area contributed by atoms with Crippen LogP contribution in [0.15, 0.2) is 54.6 Å². The van der Waals surface area contributed by atoms with E-state index in [9.17, 15) is 4.79 Å². The van der Waals surface area contributed by atoms with Crippen LogP contribution in [0.5, 0.6) is 5.75 Å². The number of nitrogens with zero attached hydrogens (tertiary/aromatic N) is 1. The molecule has 0 aliphatic carbocycles. The van der Waals surface area contributed by atoms with Gasteiger partial charge in [-0.2, -0.15) is 5.10 Å². The molecule has 29 heavy (non-hydrogen) atoms. The molecule has 3 aromatic rings. The third-order valence-electron chi connectivity index (χ3n) is 4.66. The quantitative estimate of drug-likeness (QED) is 0.595. The van der Waals surface area contributed by atoms with E-state index in [1.54, 1.807) is 13.2 Å². The second kappa shape index (κ2) is 9.56. The van der Waals surface area contributed by atoms with Gasteiger partial charge >= 0.3 is 0 Å². The molecule has 1 amide bonds. The summed E-state index contributed by atoms with van der Waals surface area (Å²) >= 11 is 0. The maximum atomic E-state index is 12.5. The standard InChI is InChI=1S/C21H22N4O3.ClH/c1-27-17-4-2-3-15(11-17)18-12-19(25-24-18)21(26)23-16-7-5-14(6-8-16)20-13-22-9-10-28-20;/h2-8,11-12,20,22H,9-10,13H2,1H3,(H,23,26)(H,24,25);1H/t20-;/m0./s1. The van der Waals surface area contributed by atoms with E-state index in [1.807, 2.05) is 48.5 Å². The van der Waals surface area contributed by atoms with Crippen molar-refractivity contribution in [2.24, 2.45) is 0 Å². The molecular formula is C21H23ClN4O3. The summed E-state index contributed by atoms with van der Waals surface area (Å²) in [7, 11) is 1.62. The number of H-pyrrole nitrogens is 1. The lowest BCUT2D eigenvalue weighted by Crippen LogP contribution is -2.33. The summed E-state index contributed by atoms with van der Waals surface area (Å²) in [5.74, 6) is 0.494. The maximum Gasteiger partial charge on any atom is 0.273 e. The predicted molar refractivity (Wildman–Crippen MR) is 114 cm³/mol. The number of carbonyl (C=O) groups is 1. The highest BCUT2D eigenvalue weighted by Gasteiger charge is 2.16. The average Bonchev–Trinajstić information content (AvgIpc) is 3.25. The number of halogens is 1. The third kappa shape index (κ3) is 4.95. The number of methoxy groups -OCH3 is 1. The van der Waals surface area contributed by atoms with Crippen molar-refractivity contribution in [1.82, 2.24) is 15.5 Å². The zero-order valence-corrected chi connectivity index (χ0v) is 16.8. The Kier molecular flexibility index (Phi) is 6.87. The Balaban J connectivity index is 0.00000240. The highest BCUT2D eigenvalue weighted by atomic mass is 35.5. The van der Waals surface area contributed by atoms with Gasteiger partial charge in [-0.25, -0.2) is 0 Å². The molecule has 0 radical (unpaired) electrons. The van der Waals surface area contributed by atoms with Crippen molar-refractivity contribution in [1.29, 1.82) is 0 Å². The van der Waals surface area contributed by atoms with Gasteiger partial charge in [0.05, 0.1) is 25.5 Å². The van der Waals surface area contributed by atoms with E-state index in [0.717, 1.165) is 35.7 Å². The molecule has 1 atom stereocenters. The van der Waals surface area contributed by atoms with Gasteiger partial charge in [-0.15, -0.1) is 12.4 Å². The lowest BCUT2D eigenvalue weighted by atomic mass is 10.1. The van der Waals surface area contributed by atoms with E-state index in [4.69, 9.17) is 9.47 Å². The molecule has 1 aliphatic rings. The van der Waals surface area contributed by atoms with Crippen LogP contribution in [0.3, 0.4) is 0 Å². The summed E-state index contributed by atoms with van der Waals surface area (Å²) in [5.41, 5.74) is 3.75. The van der Waals surface area contributed by atoms with Crippen molar-refractivity contribution in [3.05, 3.63) is 65.9 Å². The van der Waals surface area contributed by atoms with Crippen molar-refractivity contribution in [3.63, 3.8) is 0 Å². The first-order valence-electron chi connectivity index (χ1n) is 9.16. The number of nitrogens with one attached hydrogen (secondary N) is 3. The second-order valence-corrected chi connectivity index (χ2v) is 6.54. The monoisotopic (exact) mass is 414 g/mol. The Morgan fingerprint density at radius 2 is 2.03 bits per heavy atom. The summed E-state index contributed by atoms with van der Waals surface area (Å²) in [6.07, 6.45) is 0.0523. The van der Waals surface area contributed by atoms with Crippen molar-refractivity contribution in [2.75, 3.05) is 32.1 Å². The minimum Gasteiger partial charge on any atom is -0.497 e. The van der Waals surface area contributed by atoms with Gasteiger partial charge in [0.25, 0.3) is 5.91 Å². The second-order valence-electron chi connectivity index (χ2n) is 6.54. The minimum absolute atomic E-state index is 0. The molecule has 2 heterocycles. The maximum absolute atomic E-state index is 12.5. The molecular weight excluding hydrogens is 392 g/mol. The predicted octanol–water partition coefficient (Wildman–Crippen LogP) is 3.42. The average molecular weight is 415 g/mol. The van der Waals surface area contributed by atoms with Crippen LogP contribution >= 0.6 is 12.4 Å². The van der Waals surface area contributed by atoms with Crippen molar-refractivity contribution in [2.45, 2.75) is 6.10 Å². The Morgan fingerprint density at radius 1 is 1.21 bits per heavy atom. The van der Waals surface area contributed by atoms with E-state index in [0.29, 0.717) is 18.0 Å². The molecule has 1 fully saturated rings. The largest absolute Gasteiger partial charge is 0.497 e. The topological polar surface area (TPSA) is 88.3 Å². The van der Waals surface area contributed by atoms with E-state index >= 15 is 0 Å². The van der Waals surface area contributed by atoms with Gasteiger partial charge in [0, 0.05) is 24.3 Å². The lowest BCUT2D eigenvalue weighted by molar-refractivity contribution is 0.0277. The Labute approximate surface area is 175 Å². The van der Waals surface area contributed by atoms with E-state index in [-0.39, 0.29) is 24.4 Å². The third-order valence-corrected chi connectivity index (χ3v) is 4.66. The first-order valence-corrected chi connectivity index (χ1v) is 9.16. The molecule has 0 saturated carbocycles. The fourth-order valence-electron chi connectivity index (χ4n) is 3.13. The van der Waals surface area contributed by atoms with E-state index in [1.165, 1.54) is 0 Å². The summed E-state index contributed by atoms with van der Waals surface area (Å²) in [6.45, 7) is 2.39. The van der Waals surface area contributed by atoms with Gasteiger partial charge in [-0.05, 0) is 35.9 Å². The molecule has 2 aromatic carbocycles. The fourth-order valence-corrected chi connectivity index (χ4v) is 3.13. The summed E-state index contributed by atoms with van der Waals surface area (Å²) in [4.78, 5) is 12.5. The zero-order valence-electron chi connectivity index (χ0n) is 16.0. The number of benzene rings is 2. The number of carbonyl (C=O) groups excluding carboxylic acids is 1. The number of amides is 1. The number of hydrogen-bond acceptors (Lipinski definition) is 5. The molecule has 0 bridgehead atoms. The van der Waals surface area contributed by atoms with Crippen LogP contribution in [-0.4, -0.2) is 42.9 Å². The normalized spacial score (nSPS) is 16.0. The van der Waals surface area contributed by atoms with Gasteiger partial charge in [-0.1, -0.05) is 24.3 Å². The molecule has 1 aliphatic heterocycles. The minimum atomic E-state index is -0.245. The lowest BCUT2D eigenvalue weighted by Gasteiger charge is -2.24. The van der Waals surface area contributed by atoms with Gasteiger partial charge in [-0.3, -0.25) is 9.89 Å². The van der Waals surface area contributed by atoms with Crippen molar-refractivity contribution >= 4 is 24.0 Å². The van der Waals surface area contributed by atoms with Crippen LogP contribution in [0.1, 0.15) is 22.2 Å². The Hall–Kier alpha value is -2.87. The van der Waals surface area contributed by atoms with Gasteiger partial charge < -0.3 is 20.1 Å². The van der Waals surface area contributed by atoms with Gasteiger partial charge in [0.2, 0.25) is 0 Å². The number of hydrogen-bond donors (Lipinski definition) is 3. The van der Waals surface area contributed by atoms with Gasteiger partial charge in [0.15, 0.2) is 0 Å². The molecule has 1 aromatic heterocycles. The van der Waals surface area contributed by atoms with Crippen LogP contribution in [0.25, 0.3) is 11.3 Å². The molecule has 152 valence electrons. The van der Waals surface area contributed by atoms with Crippen LogP contribution in [-0.2, 0) is 4.74 Å². The van der Waals surface area contributed by atoms with Gasteiger partial charge in [0.1, 0.15) is 11.4 Å². The molecule has 4 rings (SSSR count). The summed E-state index contributed by atoms with van der Waals surface area (Å²) < 4.78 is 11.0. The van der Waals surface area contributed by atoms with Crippen molar-refractivity contribution in [3.8, 4) is 17.0 Å². The first kappa shape index (κ1) is 20.9. The van der Waals surface area contributed by atoms with Crippen molar-refractivity contribution < 1.29 is 14.3 Å². The van der Waals surface area contributed by atoms with Crippen LogP contribution < -0.4 is 15.4 Å². The Bertz CT molecular complexity index is 953. The molecule has 0 spiro atoms. The SMILES string of the molecule is COc1cccc(-c2cc(C(=O)Nc3ccc([C@@H]4CNCCO4)cc3)[nH]n2)c1.Cl. The summed E-state index contributed by atoms with van der Waals surface area (Å²) in [6, 6.07) is 17.0. The fraction of sp³-hybridized carbons (Fsp3) is 0.238. The Morgan fingerprint density at radius 3 is 2.76 bits per heavy atom. The van der Waals surface area contributed by atoms with Crippen LogP contribution in [0.4, 0.5) is 5.69 Å². The number of morpholine rings is 1. The molecule has 3 N–H and O–H groups in total. The van der Waals surface area contributed by atoms with E-state index in [2.05, 4.69) is 20.8 Å². The number of anilines is 1. The van der Waals surface area contributed by atoms with E-state index < -0.39 is 0 Å². The molecule has 7 nitrogen and oxygen atoms in total. The van der Waals surface area contributed by atoms with Crippen LogP contribution in [0, 0.1) is 0 Å². The number of ether oxygens (including phenoxy) is 2. The summed E-state index contributed by atoms with van der Waals surface area (Å²) in [5, 5.41) is 13.2. The van der Waals surface area contributed by atoms with Crippen LogP contribution in [0.2, 0.25) is 0 Å². The smallest absolute Gasteiger partial charge is 0.273 e. The zero-order chi connectivity index (χ0) is 19.3. The number of aromatic amines is 1. The molecule has 1 saturated heterocycles. The molecule has 0 unspecified atom stereocenters. The first-order chi connectivity index (χ1) is 13.7. The molecule has 8 heteroatoms. The number of aromatic nitrogens is 2. The highest BCUT2D eigenvalue weighted by Crippen LogP contribution is 2.24. The highest BCUT2D eigenvalue weighted by molar-refractivity contribution is 6.03. The number of rotatable bonds is 5.